The fraction of sp³-hybridized carbons (Fsp3) is 0.160. The molecule has 0 saturated heterocycles. The molecule has 0 heterocycles. The number of nitrogens with zero attached hydrogens (tertiary/aromatic N) is 1. The Labute approximate surface area is 176 Å². The first-order valence-electron chi connectivity index (χ1n) is 9.74. The van der Waals surface area contributed by atoms with Gasteiger partial charge in [0.15, 0.2) is 0 Å². The third kappa shape index (κ3) is 5.88. The first kappa shape index (κ1) is 21.0. The van der Waals surface area contributed by atoms with Crippen LogP contribution in [0.2, 0.25) is 0 Å². The van der Waals surface area contributed by atoms with Crippen LogP contribution in [0.3, 0.4) is 0 Å². The third-order valence-electron chi connectivity index (χ3n) is 4.58. The molecule has 1 amide bonds. The minimum Gasteiger partial charge on any atom is -0.467 e. The molecular weight excluding hydrogens is 376 g/mol. The number of nitrogens with one attached hydrogen (secondary N) is 1. The maximum absolute atomic E-state index is 12.6. The summed E-state index contributed by atoms with van der Waals surface area (Å²) in [5, 5.41) is 2.75. The number of benzene rings is 3. The van der Waals surface area contributed by atoms with Crippen LogP contribution in [-0.2, 0) is 20.7 Å². The smallest absolute Gasteiger partial charge is 0.328 e. The summed E-state index contributed by atoms with van der Waals surface area (Å²) in [5.74, 6) is -0.826. The topological polar surface area (TPSA) is 67.8 Å². The SMILES string of the molecule is COC(=O)[C@H](Cc1ccccc1)NC(=O)CN=C(c1ccccc1)c1ccccc1. The molecular formula is C25H24N2O3. The monoisotopic (exact) mass is 400 g/mol. The number of carbonyl (C=O) groups is 2. The van der Waals surface area contributed by atoms with Crippen molar-refractivity contribution in [1.29, 1.82) is 0 Å². The number of methoxy groups -OCH3 is 1. The Morgan fingerprint density at radius 1 is 0.833 bits per heavy atom. The number of hydrogen-bond acceptors (Lipinski definition) is 4. The summed E-state index contributed by atoms with van der Waals surface area (Å²) in [6.45, 7) is -0.0958. The minimum absolute atomic E-state index is 0.0958. The van der Waals surface area contributed by atoms with Gasteiger partial charge in [-0.05, 0) is 5.56 Å². The fourth-order valence-corrected chi connectivity index (χ4v) is 3.12. The van der Waals surface area contributed by atoms with E-state index in [0.29, 0.717) is 6.42 Å². The van der Waals surface area contributed by atoms with E-state index in [-0.39, 0.29) is 12.5 Å². The van der Waals surface area contributed by atoms with E-state index in [2.05, 4.69) is 10.3 Å². The molecule has 3 aromatic carbocycles. The first-order valence-corrected chi connectivity index (χ1v) is 9.74. The largest absolute Gasteiger partial charge is 0.467 e. The van der Waals surface area contributed by atoms with E-state index in [1.807, 2.05) is 91.0 Å². The molecule has 3 aromatic rings. The Kier molecular flexibility index (Phi) is 7.50. The highest BCUT2D eigenvalue weighted by molar-refractivity contribution is 6.13. The van der Waals surface area contributed by atoms with Crippen LogP contribution in [0.15, 0.2) is 96.0 Å². The molecule has 30 heavy (non-hydrogen) atoms. The normalized spacial score (nSPS) is 11.2. The first-order chi connectivity index (χ1) is 14.7. The average molecular weight is 400 g/mol. The Balaban J connectivity index is 1.76. The van der Waals surface area contributed by atoms with E-state index >= 15 is 0 Å². The number of esters is 1. The molecule has 0 bridgehead atoms. The van der Waals surface area contributed by atoms with Gasteiger partial charge in [0.05, 0.1) is 12.8 Å². The number of hydrogen-bond donors (Lipinski definition) is 1. The molecule has 1 atom stereocenters. The molecule has 5 nitrogen and oxygen atoms in total. The van der Waals surface area contributed by atoms with Crippen LogP contribution in [-0.4, -0.2) is 37.3 Å². The fourth-order valence-electron chi connectivity index (χ4n) is 3.12. The lowest BCUT2D eigenvalue weighted by molar-refractivity contribution is -0.144. The number of aliphatic imine (C=N–C) groups is 1. The predicted molar refractivity (Wildman–Crippen MR) is 117 cm³/mol. The molecule has 3 rings (SSSR count). The molecule has 0 unspecified atom stereocenters. The van der Waals surface area contributed by atoms with E-state index in [1.54, 1.807) is 0 Å². The second-order valence-corrected chi connectivity index (χ2v) is 6.73. The van der Waals surface area contributed by atoms with Crippen molar-refractivity contribution in [2.24, 2.45) is 4.99 Å². The van der Waals surface area contributed by atoms with Crippen molar-refractivity contribution in [3.8, 4) is 0 Å². The van der Waals surface area contributed by atoms with Crippen LogP contribution in [0.4, 0.5) is 0 Å². The van der Waals surface area contributed by atoms with Crippen molar-refractivity contribution in [2.75, 3.05) is 13.7 Å². The van der Waals surface area contributed by atoms with Crippen molar-refractivity contribution < 1.29 is 14.3 Å². The van der Waals surface area contributed by atoms with Crippen molar-refractivity contribution in [3.05, 3.63) is 108 Å². The Morgan fingerprint density at radius 3 is 1.83 bits per heavy atom. The summed E-state index contributed by atoms with van der Waals surface area (Å²) < 4.78 is 4.86. The Morgan fingerprint density at radius 2 is 1.33 bits per heavy atom. The van der Waals surface area contributed by atoms with Crippen molar-refractivity contribution in [3.63, 3.8) is 0 Å². The summed E-state index contributed by atoms with van der Waals surface area (Å²) in [4.78, 5) is 29.3. The quantitative estimate of drug-likeness (QED) is 0.465. The van der Waals surface area contributed by atoms with E-state index in [4.69, 9.17) is 4.74 Å². The number of rotatable bonds is 8. The summed E-state index contributed by atoms with van der Waals surface area (Å²) in [6.07, 6.45) is 0.354. The van der Waals surface area contributed by atoms with Gasteiger partial charge < -0.3 is 10.1 Å². The van der Waals surface area contributed by atoms with Gasteiger partial charge in [0.1, 0.15) is 12.6 Å². The highest BCUT2D eigenvalue weighted by atomic mass is 16.5. The molecule has 5 heteroatoms. The Hall–Kier alpha value is -3.73. The van der Waals surface area contributed by atoms with Gasteiger partial charge in [-0.25, -0.2) is 4.79 Å². The van der Waals surface area contributed by atoms with Gasteiger partial charge in [0, 0.05) is 17.5 Å². The van der Waals surface area contributed by atoms with Gasteiger partial charge in [-0.1, -0.05) is 91.0 Å². The molecule has 0 radical (unpaired) electrons. The van der Waals surface area contributed by atoms with E-state index in [0.717, 1.165) is 22.4 Å². The molecule has 0 saturated carbocycles. The summed E-state index contributed by atoms with van der Waals surface area (Å²) >= 11 is 0. The van der Waals surface area contributed by atoms with Crippen molar-refractivity contribution in [2.45, 2.75) is 12.5 Å². The second-order valence-electron chi connectivity index (χ2n) is 6.73. The maximum Gasteiger partial charge on any atom is 0.328 e. The molecule has 152 valence electrons. The predicted octanol–water partition coefficient (Wildman–Crippen LogP) is 3.42. The standard InChI is InChI=1S/C25H24N2O3/c1-30-25(29)22(17-19-11-5-2-6-12-19)27-23(28)18-26-24(20-13-7-3-8-14-20)21-15-9-4-10-16-21/h2-16,22H,17-18H2,1H3,(H,27,28)/t22-/m0/s1. The van der Waals surface area contributed by atoms with Gasteiger partial charge >= 0.3 is 5.97 Å². The van der Waals surface area contributed by atoms with Crippen LogP contribution in [0.25, 0.3) is 0 Å². The highest BCUT2D eigenvalue weighted by Gasteiger charge is 2.22. The molecule has 0 aromatic heterocycles. The molecule has 0 fully saturated rings. The molecule has 0 aliphatic rings. The number of amides is 1. The van der Waals surface area contributed by atoms with Crippen LogP contribution in [0, 0.1) is 0 Å². The van der Waals surface area contributed by atoms with Gasteiger partial charge in [0.25, 0.3) is 0 Å². The van der Waals surface area contributed by atoms with Crippen molar-refractivity contribution in [1.82, 2.24) is 5.32 Å². The van der Waals surface area contributed by atoms with Crippen molar-refractivity contribution >= 4 is 17.6 Å². The third-order valence-corrected chi connectivity index (χ3v) is 4.58. The van der Waals surface area contributed by atoms with E-state index in [1.165, 1.54) is 7.11 Å². The van der Waals surface area contributed by atoms with Gasteiger partial charge in [0.2, 0.25) is 5.91 Å². The molecule has 1 N–H and O–H groups in total. The average Bonchev–Trinajstić information content (AvgIpc) is 2.80. The van der Waals surface area contributed by atoms with Crippen LogP contribution < -0.4 is 5.32 Å². The molecule has 0 aliphatic heterocycles. The van der Waals surface area contributed by atoms with Gasteiger partial charge in [-0.15, -0.1) is 0 Å². The zero-order valence-corrected chi connectivity index (χ0v) is 16.8. The summed E-state index contributed by atoms with van der Waals surface area (Å²) in [6, 6.07) is 28.1. The van der Waals surface area contributed by atoms with E-state index < -0.39 is 12.0 Å². The number of ether oxygens (including phenoxy) is 1. The minimum atomic E-state index is -0.767. The lowest BCUT2D eigenvalue weighted by atomic mass is 10.0. The maximum atomic E-state index is 12.6. The lowest BCUT2D eigenvalue weighted by Crippen LogP contribution is -2.44. The zero-order valence-electron chi connectivity index (χ0n) is 16.8. The zero-order chi connectivity index (χ0) is 21.2. The van der Waals surface area contributed by atoms with E-state index in [9.17, 15) is 9.59 Å². The molecule has 0 aliphatic carbocycles. The molecule has 0 spiro atoms. The van der Waals surface area contributed by atoms with Crippen LogP contribution >= 0.6 is 0 Å². The Bertz CT molecular complexity index is 945. The number of carbonyl (C=O) groups excluding carboxylic acids is 2. The van der Waals surface area contributed by atoms with Crippen LogP contribution in [0.1, 0.15) is 16.7 Å². The van der Waals surface area contributed by atoms with Crippen LogP contribution in [0.5, 0.6) is 0 Å². The second kappa shape index (κ2) is 10.7. The summed E-state index contributed by atoms with van der Waals surface area (Å²) in [7, 11) is 1.31. The van der Waals surface area contributed by atoms with Gasteiger partial charge in [-0.3, -0.25) is 9.79 Å². The lowest BCUT2D eigenvalue weighted by Gasteiger charge is -2.16. The van der Waals surface area contributed by atoms with Gasteiger partial charge in [-0.2, -0.15) is 0 Å². The highest BCUT2D eigenvalue weighted by Crippen LogP contribution is 2.11. The summed E-state index contributed by atoms with van der Waals surface area (Å²) in [5.41, 5.74) is 3.51.